The fourth-order valence-corrected chi connectivity index (χ4v) is 3.54. The molecule has 0 radical (unpaired) electrons. The lowest BCUT2D eigenvalue weighted by Crippen LogP contribution is -1.98. The third kappa shape index (κ3) is 2.84. The molecule has 0 spiro atoms. The van der Waals surface area contributed by atoms with Crippen molar-refractivity contribution in [3.63, 3.8) is 0 Å². The van der Waals surface area contributed by atoms with Gasteiger partial charge in [-0.15, -0.1) is 0 Å². The topological polar surface area (TPSA) is 42.0 Å². The highest BCUT2D eigenvalue weighted by atomic mass is 79.9. The van der Waals surface area contributed by atoms with Crippen molar-refractivity contribution in [3.8, 4) is 0 Å². The van der Waals surface area contributed by atoms with E-state index in [9.17, 15) is 4.79 Å². The van der Waals surface area contributed by atoms with Gasteiger partial charge in [0.2, 0.25) is 0 Å². The normalized spacial score (nSPS) is 10.8. The predicted octanol–water partition coefficient (Wildman–Crippen LogP) is 5.31. The molecule has 5 heteroatoms. The number of Topliss-reactive ketones (excluding diaryl/α,β-unsaturated/α-hetero) is 1. The van der Waals surface area contributed by atoms with Gasteiger partial charge in [0.1, 0.15) is 5.00 Å². The maximum Gasteiger partial charge on any atom is 0.164 e. The summed E-state index contributed by atoms with van der Waals surface area (Å²) < 4.78 is 5.32. The Morgan fingerprint density at radius 2 is 1.90 bits per heavy atom. The van der Waals surface area contributed by atoms with Gasteiger partial charge in [0.25, 0.3) is 0 Å². The molecule has 0 aliphatic heterocycles. The Balaban J connectivity index is 1.99. The molecule has 1 aromatic heterocycles. The summed E-state index contributed by atoms with van der Waals surface area (Å²) in [5, 5.41) is 6.42. The van der Waals surface area contributed by atoms with Gasteiger partial charge in [-0.2, -0.15) is 4.37 Å². The average molecular weight is 361 g/mol. The fraction of sp³-hybridized carbons (Fsp3) is 0.125. The molecule has 3 nitrogen and oxygen atoms in total. The zero-order chi connectivity index (χ0) is 15.0. The molecule has 0 amide bonds. The summed E-state index contributed by atoms with van der Waals surface area (Å²) in [6.45, 7) is 3.43. The molecule has 106 valence electrons. The van der Waals surface area contributed by atoms with Crippen molar-refractivity contribution in [2.24, 2.45) is 0 Å². The first-order chi connectivity index (χ1) is 10.0. The number of nitrogens with zero attached hydrogens (tertiary/aromatic N) is 1. The highest BCUT2D eigenvalue weighted by molar-refractivity contribution is 9.10. The average Bonchev–Trinajstić information content (AvgIpc) is 2.80. The Morgan fingerprint density at radius 1 is 1.19 bits per heavy atom. The van der Waals surface area contributed by atoms with Crippen LogP contribution >= 0.6 is 27.5 Å². The van der Waals surface area contributed by atoms with Crippen molar-refractivity contribution in [1.29, 1.82) is 0 Å². The van der Waals surface area contributed by atoms with Gasteiger partial charge in [0.05, 0.1) is 11.3 Å². The van der Waals surface area contributed by atoms with Gasteiger partial charge in [-0.05, 0) is 60.4 Å². The Hall–Kier alpha value is -1.72. The number of halogens is 1. The second-order valence-corrected chi connectivity index (χ2v) is 6.55. The Morgan fingerprint density at radius 3 is 2.67 bits per heavy atom. The van der Waals surface area contributed by atoms with Crippen molar-refractivity contribution in [1.82, 2.24) is 4.37 Å². The van der Waals surface area contributed by atoms with Crippen LogP contribution in [-0.2, 0) is 0 Å². The lowest BCUT2D eigenvalue weighted by molar-refractivity contribution is 0.101. The van der Waals surface area contributed by atoms with E-state index >= 15 is 0 Å². The minimum absolute atomic E-state index is 0.0356. The number of ketones is 1. The van der Waals surface area contributed by atoms with Gasteiger partial charge < -0.3 is 5.32 Å². The molecule has 1 heterocycles. The molecular formula is C16H13BrN2OS. The first kappa shape index (κ1) is 14.2. The van der Waals surface area contributed by atoms with Gasteiger partial charge in [0, 0.05) is 10.2 Å². The molecule has 3 rings (SSSR count). The number of nitrogens with one attached hydrogen (secondary N) is 1. The lowest BCUT2D eigenvalue weighted by Gasteiger charge is -2.07. The minimum Gasteiger partial charge on any atom is -0.345 e. The van der Waals surface area contributed by atoms with Gasteiger partial charge in [-0.1, -0.05) is 28.1 Å². The molecule has 0 atom stereocenters. The zero-order valence-corrected chi connectivity index (χ0v) is 14.0. The third-order valence-electron chi connectivity index (χ3n) is 3.27. The Bertz CT molecular complexity index is 841. The number of hydrogen-bond acceptors (Lipinski definition) is 4. The summed E-state index contributed by atoms with van der Waals surface area (Å²) in [4.78, 5) is 11.7. The van der Waals surface area contributed by atoms with Crippen molar-refractivity contribution in [2.45, 2.75) is 13.8 Å². The van der Waals surface area contributed by atoms with E-state index in [1.807, 2.05) is 19.1 Å². The maximum atomic E-state index is 11.7. The fourth-order valence-electron chi connectivity index (χ4n) is 2.30. The molecule has 21 heavy (non-hydrogen) atoms. The first-order valence-corrected chi connectivity index (χ1v) is 8.05. The second-order valence-electron chi connectivity index (χ2n) is 4.86. The van der Waals surface area contributed by atoms with E-state index in [4.69, 9.17) is 0 Å². The molecule has 0 fully saturated rings. The number of aryl methyl sites for hydroxylation is 1. The quantitative estimate of drug-likeness (QED) is 0.643. The lowest BCUT2D eigenvalue weighted by atomic mass is 10.1. The van der Waals surface area contributed by atoms with Crippen LogP contribution in [0.3, 0.4) is 0 Å². The monoisotopic (exact) mass is 360 g/mol. The van der Waals surface area contributed by atoms with Crippen LogP contribution in [-0.4, -0.2) is 10.2 Å². The number of benzene rings is 2. The van der Waals surface area contributed by atoms with E-state index in [1.165, 1.54) is 16.9 Å². The van der Waals surface area contributed by atoms with Crippen molar-refractivity contribution >= 4 is 54.7 Å². The van der Waals surface area contributed by atoms with Crippen LogP contribution in [0.25, 0.3) is 10.8 Å². The molecule has 3 aromatic rings. The standard InChI is InChI=1S/C16H13BrN2OS/c1-9-15(10(2)20)16(21-19-9)18-14-6-4-11-7-13(17)5-3-12(11)8-14/h3-8,18H,1-2H3. The van der Waals surface area contributed by atoms with Crippen molar-refractivity contribution in [2.75, 3.05) is 5.32 Å². The van der Waals surface area contributed by atoms with E-state index in [-0.39, 0.29) is 5.78 Å². The maximum absolute atomic E-state index is 11.7. The number of carbonyl (C=O) groups excluding carboxylic acids is 1. The molecule has 0 saturated carbocycles. The van der Waals surface area contributed by atoms with Crippen LogP contribution in [0.5, 0.6) is 0 Å². The molecule has 0 aliphatic rings. The number of aromatic nitrogens is 1. The van der Waals surface area contributed by atoms with E-state index in [1.54, 1.807) is 6.92 Å². The minimum atomic E-state index is 0.0356. The Labute approximate surface area is 135 Å². The number of rotatable bonds is 3. The largest absolute Gasteiger partial charge is 0.345 e. The van der Waals surface area contributed by atoms with E-state index < -0.39 is 0 Å². The van der Waals surface area contributed by atoms with Crippen LogP contribution in [0.4, 0.5) is 10.7 Å². The van der Waals surface area contributed by atoms with Gasteiger partial charge in [-0.25, -0.2) is 0 Å². The summed E-state index contributed by atoms with van der Waals surface area (Å²) in [6.07, 6.45) is 0. The highest BCUT2D eigenvalue weighted by Crippen LogP contribution is 2.30. The molecule has 0 saturated heterocycles. The van der Waals surface area contributed by atoms with Gasteiger partial charge in [-0.3, -0.25) is 4.79 Å². The Kier molecular flexibility index (Phi) is 3.78. The first-order valence-electron chi connectivity index (χ1n) is 6.48. The van der Waals surface area contributed by atoms with Crippen LogP contribution < -0.4 is 5.32 Å². The molecule has 0 unspecified atom stereocenters. The van der Waals surface area contributed by atoms with Gasteiger partial charge in [0.15, 0.2) is 5.78 Å². The molecule has 0 bridgehead atoms. The smallest absolute Gasteiger partial charge is 0.164 e. The van der Waals surface area contributed by atoms with E-state index in [0.717, 1.165) is 26.2 Å². The van der Waals surface area contributed by atoms with Crippen molar-refractivity contribution in [3.05, 3.63) is 52.1 Å². The highest BCUT2D eigenvalue weighted by Gasteiger charge is 2.14. The summed E-state index contributed by atoms with van der Waals surface area (Å²) in [5.41, 5.74) is 2.41. The number of fused-ring (bicyclic) bond motifs is 1. The van der Waals surface area contributed by atoms with Crippen LogP contribution in [0, 0.1) is 6.92 Å². The molecular weight excluding hydrogens is 348 g/mol. The van der Waals surface area contributed by atoms with E-state index in [2.05, 4.69) is 49.9 Å². The summed E-state index contributed by atoms with van der Waals surface area (Å²) in [7, 11) is 0. The van der Waals surface area contributed by atoms with Crippen LogP contribution in [0.15, 0.2) is 40.9 Å². The summed E-state index contributed by atoms with van der Waals surface area (Å²) >= 11 is 4.79. The molecule has 2 aromatic carbocycles. The zero-order valence-electron chi connectivity index (χ0n) is 11.6. The predicted molar refractivity (Wildman–Crippen MR) is 91.8 cm³/mol. The third-order valence-corrected chi connectivity index (χ3v) is 4.62. The molecule has 1 N–H and O–H groups in total. The van der Waals surface area contributed by atoms with Gasteiger partial charge >= 0.3 is 0 Å². The van der Waals surface area contributed by atoms with Crippen LogP contribution in [0.1, 0.15) is 23.0 Å². The van der Waals surface area contributed by atoms with Crippen LogP contribution in [0.2, 0.25) is 0 Å². The molecule has 0 aliphatic carbocycles. The number of hydrogen-bond donors (Lipinski definition) is 1. The van der Waals surface area contributed by atoms with E-state index in [0.29, 0.717) is 5.56 Å². The van der Waals surface area contributed by atoms with Crippen molar-refractivity contribution < 1.29 is 4.79 Å². The summed E-state index contributed by atoms with van der Waals surface area (Å²) in [6, 6.07) is 12.3. The summed E-state index contributed by atoms with van der Waals surface area (Å²) in [5.74, 6) is 0.0356. The SMILES string of the molecule is CC(=O)c1c(C)nsc1Nc1ccc2cc(Br)ccc2c1. The second kappa shape index (κ2) is 5.58. The number of anilines is 2. The number of carbonyl (C=O) groups is 1.